The summed E-state index contributed by atoms with van der Waals surface area (Å²) in [6, 6.07) is 13.2. The van der Waals surface area contributed by atoms with Gasteiger partial charge in [0.1, 0.15) is 0 Å². The van der Waals surface area contributed by atoms with Crippen LogP contribution >= 0.6 is 0 Å². The quantitative estimate of drug-likeness (QED) is 0.817. The lowest BCUT2D eigenvalue weighted by Crippen LogP contribution is -2.48. The molecule has 2 aliphatic heterocycles. The maximum atomic E-state index is 13.3. The molecule has 164 valence electrons. The SMILES string of the molecule is COc1cc2c(cc1OC)CN(C(=O)[C@@H]1CCCN(C(=O)Nc3ccccc3)C1)CC2. The van der Waals surface area contributed by atoms with E-state index >= 15 is 0 Å². The number of carbonyl (C=O) groups is 2. The molecule has 0 radical (unpaired) electrons. The zero-order chi connectivity index (χ0) is 21.8. The van der Waals surface area contributed by atoms with Gasteiger partial charge in [0.2, 0.25) is 5.91 Å². The number of hydrogen-bond acceptors (Lipinski definition) is 4. The van der Waals surface area contributed by atoms with Crippen molar-refractivity contribution in [3.8, 4) is 11.5 Å². The van der Waals surface area contributed by atoms with E-state index in [2.05, 4.69) is 5.32 Å². The topological polar surface area (TPSA) is 71.1 Å². The van der Waals surface area contributed by atoms with E-state index in [0.29, 0.717) is 37.7 Å². The third-order valence-electron chi connectivity index (χ3n) is 6.11. The van der Waals surface area contributed by atoms with Gasteiger partial charge in [0, 0.05) is 31.9 Å². The van der Waals surface area contributed by atoms with E-state index in [1.807, 2.05) is 47.4 Å². The molecule has 0 unspecified atom stereocenters. The second-order valence-electron chi connectivity index (χ2n) is 8.07. The third-order valence-corrected chi connectivity index (χ3v) is 6.11. The standard InChI is InChI=1S/C24H29N3O4/c1-30-21-13-17-10-12-26(16-19(17)14-22(21)31-2)23(28)18-7-6-11-27(15-18)24(29)25-20-8-4-3-5-9-20/h3-5,8-9,13-14,18H,6-7,10-12,15-16H2,1-2H3,(H,25,29)/t18-/m1/s1. The average molecular weight is 424 g/mol. The summed E-state index contributed by atoms with van der Waals surface area (Å²) in [7, 11) is 3.25. The van der Waals surface area contributed by atoms with Gasteiger partial charge in [-0.25, -0.2) is 4.79 Å². The maximum absolute atomic E-state index is 13.3. The molecule has 2 heterocycles. The predicted octanol–water partition coefficient (Wildman–Crippen LogP) is 3.53. The summed E-state index contributed by atoms with van der Waals surface area (Å²) < 4.78 is 10.8. The molecule has 4 rings (SSSR count). The summed E-state index contributed by atoms with van der Waals surface area (Å²) in [4.78, 5) is 29.6. The Labute approximate surface area is 182 Å². The van der Waals surface area contributed by atoms with E-state index in [4.69, 9.17) is 9.47 Å². The van der Waals surface area contributed by atoms with Crippen LogP contribution in [0.5, 0.6) is 11.5 Å². The van der Waals surface area contributed by atoms with Gasteiger partial charge in [-0.1, -0.05) is 18.2 Å². The molecule has 31 heavy (non-hydrogen) atoms. The number of methoxy groups -OCH3 is 2. The number of urea groups is 1. The summed E-state index contributed by atoms with van der Waals surface area (Å²) in [6.07, 6.45) is 2.42. The fourth-order valence-electron chi connectivity index (χ4n) is 4.42. The van der Waals surface area contributed by atoms with Crippen LogP contribution < -0.4 is 14.8 Å². The fraction of sp³-hybridized carbons (Fsp3) is 0.417. The van der Waals surface area contributed by atoms with E-state index in [-0.39, 0.29) is 17.9 Å². The first kappa shape index (κ1) is 21.0. The highest BCUT2D eigenvalue weighted by Gasteiger charge is 2.33. The minimum absolute atomic E-state index is 0.123. The first-order valence-corrected chi connectivity index (χ1v) is 10.7. The lowest BCUT2D eigenvalue weighted by molar-refractivity contribution is -0.137. The summed E-state index contributed by atoms with van der Waals surface area (Å²) in [5.74, 6) is 1.35. The Hall–Kier alpha value is -3.22. The Bertz CT molecular complexity index is 947. The number of para-hydroxylation sites is 1. The van der Waals surface area contributed by atoms with Gasteiger partial charge in [-0.15, -0.1) is 0 Å². The Morgan fingerprint density at radius 2 is 1.68 bits per heavy atom. The minimum atomic E-state index is -0.169. The van der Waals surface area contributed by atoms with Crippen molar-refractivity contribution < 1.29 is 19.1 Å². The smallest absolute Gasteiger partial charge is 0.321 e. The van der Waals surface area contributed by atoms with Gasteiger partial charge in [0.05, 0.1) is 20.1 Å². The lowest BCUT2D eigenvalue weighted by Gasteiger charge is -2.37. The Kier molecular flexibility index (Phi) is 6.30. The number of amides is 3. The summed E-state index contributed by atoms with van der Waals surface area (Å²) in [5.41, 5.74) is 3.04. The lowest BCUT2D eigenvalue weighted by atomic mass is 9.93. The highest BCUT2D eigenvalue weighted by Crippen LogP contribution is 2.34. The van der Waals surface area contributed by atoms with Crippen molar-refractivity contribution in [1.29, 1.82) is 0 Å². The maximum Gasteiger partial charge on any atom is 0.321 e. The molecule has 2 aliphatic rings. The van der Waals surface area contributed by atoms with E-state index < -0.39 is 0 Å². The zero-order valence-corrected chi connectivity index (χ0v) is 18.1. The van der Waals surface area contributed by atoms with E-state index in [9.17, 15) is 9.59 Å². The Balaban J connectivity index is 1.41. The summed E-state index contributed by atoms with van der Waals surface area (Å²) in [5, 5.41) is 2.92. The van der Waals surface area contributed by atoms with Crippen molar-refractivity contribution >= 4 is 17.6 Å². The number of anilines is 1. The van der Waals surface area contributed by atoms with E-state index in [0.717, 1.165) is 30.5 Å². The van der Waals surface area contributed by atoms with Gasteiger partial charge >= 0.3 is 6.03 Å². The molecular formula is C24H29N3O4. The highest BCUT2D eigenvalue weighted by atomic mass is 16.5. The molecule has 0 saturated carbocycles. The van der Waals surface area contributed by atoms with Crippen molar-refractivity contribution in [3.63, 3.8) is 0 Å². The van der Waals surface area contributed by atoms with Crippen LogP contribution in [0.1, 0.15) is 24.0 Å². The van der Waals surface area contributed by atoms with Crippen LogP contribution in [0, 0.1) is 5.92 Å². The van der Waals surface area contributed by atoms with Gasteiger partial charge in [0.15, 0.2) is 11.5 Å². The fourth-order valence-corrected chi connectivity index (χ4v) is 4.42. The molecule has 0 aliphatic carbocycles. The minimum Gasteiger partial charge on any atom is -0.493 e. The third kappa shape index (κ3) is 4.60. The van der Waals surface area contributed by atoms with Crippen LogP contribution in [-0.2, 0) is 17.8 Å². The molecule has 1 N–H and O–H groups in total. The van der Waals surface area contributed by atoms with Crippen LogP contribution in [0.4, 0.5) is 10.5 Å². The van der Waals surface area contributed by atoms with Crippen molar-refractivity contribution in [3.05, 3.63) is 53.6 Å². The number of ether oxygens (including phenoxy) is 2. The number of fused-ring (bicyclic) bond motifs is 1. The molecule has 2 aromatic carbocycles. The molecule has 1 fully saturated rings. The van der Waals surface area contributed by atoms with Crippen molar-refractivity contribution in [2.75, 3.05) is 39.2 Å². The largest absolute Gasteiger partial charge is 0.493 e. The number of rotatable bonds is 4. The number of nitrogens with zero attached hydrogens (tertiary/aromatic N) is 2. The molecule has 3 amide bonds. The van der Waals surface area contributed by atoms with Crippen LogP contribution in [0.15, 0.2) is 42.5 Å². The Morgan fingerprint density at radius 1 is 0.968 bits per heavy atom. The summed E-state index contributed by atoms with van der Waals surface area (Å²) >= 11 is 0. The van der Waals surface area contributed by atoms with Gasteiger partial charge in [-0.3, -0.25) is 4.79 Å². The first-order chi connectivity index (χ1) is 15.1. The van der Waals surface area contributed by atoms with Crippen LogP contribution in [0.25, 0.3) is 0 Å². The molecule has 0 spiro atoms. The molecule has 7 nitrogen and oxygen atoms in total. The monoisotopic (exact) mass is 423 g/mol. The highest BCUT2D eigenvalue weighted by molar-refractivity contribution is 5.90. The first-order valence-electron chi connectivity index (χ1n) is 10.7. The zero-order valence-electron chi connectivity index (χ0n) is 18.1. The number of likely N-dealkylation sites (tertiary alicyclic amines) is 1. The van der Waals surface area contributed by atoms with E-state index in [1.54, 1.807) is 19.1 Å². The molecular weight excluding hydrogens is 394 g/mol. The average Bonchev–Trinajstić information content (AvgIpc) is 2.83. The Morgan fingerprint density at radius 3 is 2.39 bits per heavy atom. The molecule has 7 heteroatoms. The van der Waals surface area contributed by atoms with Gasteiger partial charge in [-0.05, 0) is 54.7 Å². The van der Waals surface area contributed by atoms with Crippen LogP contribution in [0.2, 0.25) is 0 Å². The normalized spacial score (nSPS) is 18.2. The second kappa shape index (κ2) is 9.29. The van der Waals surface area contributed by atoms with Gasteiger partial charge < -0.3 is 24.6 Å². The van der Waals surface area contributed by atoms with E-state index in [1.165, 1.54) is 5.56 Å². The predicted molar refractivity (Wildman–Crippen MR) is 118 cm³/mol. The van der Waals surface area contributed by atoms with Crippen LogP contribution in [0.3, 0.4) is 0 Å². The number of nitrogens with one attached hydrogen (secondary N) is 1. The second-order valence-corrected chi connectivity index (χ2v) is 8.07. The molecule has 1 atom stereocenters. The van der Waals surface area contributed by atoms with Crippen molar-refractivity contribution in [2.45, 2.75) is 25.8 Å². The summed E-state index contributed by atoms with van der Waals surface area (Å²) in [6.45, 7) is 2.35. The van der Waals surface area contributed by atoms with Gasteiger partial charge in [-0.2, -0.15) is 0 Å². The number of benzene rings is 2. The number of hydrogen-bond donors (Lipinski definition) is 1. The van der Waals surface area contributed by atoms with Crippen LogP contribution in [-0.4, -0.2) is 55.6 Å². The number of carbonyl (C=O) groups excluding carboxylic acids is 2. The van der Waals surface area contributed by atoms with Crippen molar-refractivity contribution in [1.82, 2.24) is 9.80 Å². The van der Waals surface area contributed by atoms with Gasteiger partial charge in [0.25, 0.3) is 0 Å². The molecule has 0 aromatic heterocycles. The number of piperidine rings is 1. The van der Waals surface area contributed by atoms with Crippen molar-refractivity contribution in [2.24, 2.45) is 5.92 Å². The molecule has 0 bridgehead atoms. The molecule has 1 saturated heterocycles. The molecule has 2 aromatic rings.